The Morgan fingerprint density at radius 1 is 0.542 bits per heavy atom. The van der Waals surface area contributed by atoms with Crippen LogP contribution in [0.2, 0.25) is 0 Å². The molecule has 0 bridgehead atoms. The van der Waals surface area contributed by atoms with Crippen LogP contribution >= 0.6 is 0 Å². The Morgan fingerprint density at radius 3 is 1.85 bits per heavy atom. The van der Waals surface area contributed by atoms with Gasteiger partial charge in [0.1, 0.15) is 12.0 Å². The number of aromatic nitrogens is 6. The predicted molar refractivity (Wildman–Crippen MR) is 185 cm³/mol. The SMILES string of the molecule is [Pt+2].[c-]1c(Oc2[c-]c3c(cc2)c2ccc(-c4ccccc4)c(-c4ccccc4)c2n2ccnc32)ccc2c1c1nccn1c1ncncc21. The maximum atomic E-state index is 6.42. The maximum Gasteiger partial charge on any atom is 2.00 e. The second kappa shape index (κ2) is 11.1. The van der Waals surface area contributed by atoms with Crippen LogP contribution in [0.3, 0.4) is 0 Å². The molecule has 5 aromatic carbocycles. The van der Waals surface area contributed by atoms with Crippen molar-refractivity contribution in [1.82, 2.24) is 28.7 Å². The molecule has 0 spiro atoms. The van der Waals surface area contributed by atoms with E-state index in [4.69, 9.17) is 9.72 Å². The average Bonchev–Trinajstić information content (AvgIpc) is 3.84. The van der Waals surface area contributed by atoms with Crippen molar-refractivity contribution in [1.29, 1.82) is 0 Å². The van der Waals surface area contributed by atoms with Gasteiger partial charge in [0.05, 0.1) is 11.3 Å². The largest absolute Gasteiger partial charge is 2.00 e. The van der Waals surface area contributed by atoms with Crippen molar-refractivity contribution in [3.05, 3.63) is 147 Å². The minimum atomic E-state index is 0. The van der Waals surface area contributed by atoms with E-state index < -0.39 is 0 Å². The topological polar surface area (TPSA) is 69.6 Å². The summed E-state index contributed by atoms with van der Waals surface area (Å²) in [6.07, 6.45) is 10.9. The standard InChI is InChI=1S/C40H22N6O.Pt/c1-3-7-25(8-4-1)29-15-16-32-30-13-11-27(21-33(30)38-42-17-19-45(38)37(32)36(29)26-9-5-2-6-10-26)47-28-12-14-31-34(22-28)39-43-18-20-46(39)40-35(31)23-41-24-44-40;/h1-20,23-24H;/q-2;+2. The number of imidazole rings is 2. The Morgan fingerprint density at radius 2 is 1.15 bits per heavy atom. The van der Waals surface area contributed by atoms with Gasteiger partial charge in [-0.2, -0.15) is 0 Å². The van der Waals surface area contributed by atoms with E-state index >= 15 is 0 Å². The molecule has 10 rings (SSSR count). The van der Waals surface area contributed by atoms with Crippen LogP contribution in [0.15, 0.2) is 134 Å². The molecule has 0 aliphatic heterocycles. The number of benzene rings is 5. The Labute approximate surface area is 288 Å². The summed E-state index contributed by atoms with van der Waals surface area (Å²) in [7, 11) is 0. The Kier molecular flexibility index (Phi) is 6.56. The summed E-state index contributed by atoms with van der Waals surface area (Å²) in [5.74, 6) is 1.14. The molecule has 0 atom stereocenters. The molecular formula is C40H22N6OPt. The maximum absolute atomic E-state index is 6.42. The molecule has 5 aromatic heterocycles. The first-order valence-electron chi connectivity index (χ1n) is 15.3. The van der Waals surface area contributed by atoms with Gasteiger partial charge in [0.15, 0.2) is 0 Å². The predicted octanol–water partition coefficient (Wildman–Crippen LogP) is 9.11. The first-order chi connectivity index (χ1) is 23.3. The van der Waals surface area contributed by atoms with Crippen LogP contribution in [0.4, 0.5) is 0 Å². The van der Waals surface area contributed by atoms with Crippen molar-refractivity contribution < 1.29 is 25.8 Å². The number of hydrogen-bond acceptors (Lipinski definition) is 5. The molecule has 10 aromatic rings. The number of pyridine rings is 2. The quantitative estimate of drug-likeness (QED) is 0.131. The zero-order valence-corrected chi connectivity index (χ0v) is 27.4. The summed E-state index contributed by atoms with van der Waals surface area (Å²) in [5, 5.41) is 5.76. The van der Waals surface area contributed by atoms with E-state index in [1.807, 2.05) is 47.4 Å². The number of nitrogens with zero attached hydrogens (tertiary/aromatic N) is 6. The van der Waals surface area contributed by atoms with Crippen molar-refractivity contribution >= 4 is 54.8 Å². The van der Waals surface area contributed by atoms with Crippen molar-refractivity contribution in [3.8, 4) is 33.8 Å². The van der Waals surface area contributed by atoms with Crippen LogP contribution < -0.4 is 4.74 Å². The molecule has 0 amide bonds. The van der Waals surface area contributed by atoms with Crippen LogP contribution in [-0.4, -0.2) is 28.7 Å². The van der Waals surface area contributed by atoms with Gasteiger partial charge in [-0.25, -0.2) is 9.97 Å². The fourth-order valence-electron chi connectivity index (χ4n) is 6.84. The van der Waals surface area contributed by atoms with Gasteiger partial charge in [-0.15, -0.1) is 12.1 Å². The molecule has 0 radical (unpaired) electrons. The molecule has 0 fully saturated rings. The number of rotatable bonds is 4. The third-order valence-corrected chi connectivity index (χ3v) is 8.85. The van der Waals surface area contributed by atoms with Crippen LogP contribution in [0.5, 0.6) is 11.5 Å². The minimum absolute atomic E-state index is 0. The molecule has 0 saturated carbocycles. The molecule has 228 valence electrons. The second-order valence-corrected chi connectivity index (χ2v) is 11.4. The molecule has 5 heterocycles. The Bertz CT molecular complexity index is 2830. The Hall–Kier alpha value is -5.91. The zero-order chi connectivity index (χ0) is 30.9. The summed E-state index contributed by atoms with van der Waals surface area (Å²) >= 11 is 0. The second-order valence-electron chi connectivity index (χ2n) is 11.4. The van der Waals surface area contributed by atoms with Gasteiger partial charge in [0, 0.05) is 58.9 Å². The first kappa shape index (κ1) is 28.3. The summed E-state index contributed by atoms with van der Waals surface area (Å²) in [6, 6.07) is 40.5. The van der Waals surface area contributed by atoms with Crippen LogP contribution in [0.1, 0.15) is 0 Å². The monoisotopic (exact) mass is 797 g/mol. The molecule has 0 unspecified atom stereocenters. The molecule has 48 heavy (non-hydrogen) atoms. The van der Waals surface area contributed by atoms with Gasteiger partial charge < -0.3 is 13.5 Å². The van der Waals surface area contributed by atoms with Gasteiger partial charge in [-0.05, 0) is 22.1 Å². The Balaban J connectivity index is 0.00000314. The van der Waals surface area contributed by atoms with Gasteiger partial charge in [-0.1, -0.05) is 119 Å². The summed E-state index contributed by atoms with van der Waals surface area (Å²) < 4.78 is 10.6. The van der Waals surface area contributed by atoms with E-state index in [1.54, 1.807) is 12.5 Å². The van der Waals surface area contributed by atoms with Crippen LogP contribution in [0.25, 0.3) is 77.0 Å². The fraction of sp³-hybridized carbons (Fsp3) is 0. The van der Waals surface area contributed by atoms with Crippen molar-refractivity contribution in [2.45, 2.75) is 0 Å². The number of hydrogen-bond donors (Lipinski definition) is 0. The summed E-state index contributed by atoms with van der Waals surface area (Å²) in [5.41, 5.74) is 8.11. The molecule has 0 aliphatic rings. The molecule has 0 aliphatic carbocycles. The van der Waals surface area contributed by atoms with Gasteiger partial charge in [0.2, 0.25) is 0 Å². The van der Waals surface area contributed by atoms with Crippen molar-refractivity contribution in [2.24, 2.45) is 0 Å². The van der Waals surface area contributed by atoms with Crippen LogP contribution in [-0.2, 0) is 21.1 Å². The molecule has 0 N–H and O–H groups in total. The zero-order valence-electron chi connectivity index (χ0n) is 25.1. The smallest absolute Gasteiger partial charge is 0.497 e. The van der Waals surface area contributed by atoms with Crippen LogP contribution in [0, 0.1) is 12.1 Å². The van der Waals surface area contributed by atoms with E-state index in [1.165, 1.54) is 5.56 Å². The summed E-state index contributed by atoms with van der Waals surface area (Å²) in [6.45, 7) is 0. The van der Waals surface area contributed by atoms with E-state index in [2.05, 4.69) is 110 Å². The van der Waals surface area contributed by atoms with E-state index in [0.717, 1.165) is 71.5 Å². The van der Waals surface area contributed by atoms with Gasteiger partial charge >= 0.3 is 21.1 Å². The van der Waals surface area contributed by atoms with Gasteiger partial charge in [-0.3, -0.25) is 9.97 Å². The van der Waals surface area contributed by atoms with E-state index in [-0.39, 0.29) is 21.1 Å². The third-order valence-electron chi connectivity index (χ3n) is 8.85. The van der Waals surface area contributed by atoms with E-state index in [9.17, 15) is 0 Å². The number of ether oxygens (including phenoxy) is 1. The normalized spacial score (nSPS) is 11.6. The first-order valence-corrected chi connectivity index (χ1v) is 15.3. The molecule has 7 nitrogen and oxygen atoms in total. The molecule has 8 heteroatoms. The molecular weight excluding hydrogens is 776 g/mol. The van der Waals surface area contributed by atoms with Gasteiger partial charge in [0.25, 0.3) is 0 Å². The fourth-order valence-corrected chi connectivity index (χ4v) is 6.84. The molecule has 0 saturated heterocycles. The summed E-state index contributed by atoms with van der Waals surface area (Å²) in [4.78, 5) is 18.2. The van der Waals surface area contributed by atoms with E-state index in [0.29, 0.717) is 11.5 Å². The third kappa shape index (κ3) is 4.25. The average molecular weight is 798 g/mol. The number of fused-ring (bicyclic) bond motifs is 12. The van der Waals surface area contributed by atoms with Crippen molar-refractivity contribution in [3.63, 3.8) is 0 Å². The minimum Gasteiger partial charge on any atom is -0.497 e. The van der Waals surface area contributed by atoms with Crippen molar-refractivity contribution in [2.75, 3.05) is 0 Å².